The molecule has 2 N–H and O–H groups in total. The van der Waals surface area contributed by atoms with Gasteiger partial charge in [0.25, 0.3) is 0 Å². The Hall–Kier alpha value is -2.60. The zero-order chi connectivity index (χ0) is 24.6. The van der Waals surface area contributed by atoms with Gasteiger partial charge in [0.15, 0.2) is 0 Å². The molecular weight excluding hydrogens is 420 g/mol. The SMILES string of the molecule is CC=C(C)C(=O)O[C@H]1C=C(C)C[C@H](OC(=O)c2ccc(O)cc2)[C@@H]2[C@]1(C)CC[C@@]2(O)C(C)C. The molecule has 1 fully saturated rings. The van der Waals surface area contributed by atoms with Gasteiger partial charge in [-0.3, -0.25) is 0 Å². The molecule has 0 spiro atoms. The third-order valence-corrected chi connectivity index (χ3v) is 7.64. The first-order chi connectivity index (χ1) is 15.4. The van der Waals surface area contributed by atoms with Crippen LogP contribution in [0.3, 0.4) is 0 Å². The van der Waals surface area contributed by atoms with Gasteiger partial charge in [-0.15, -0.1) is 0 Å². The van der Waals surface area contributed by atoms with E-state index in [2.05, 4.69) is 0 Å². The van der Waals surface area contributed by atoms with Crippen molar-refractivity contribution in [2.45, 2.75) is 78.6 Å². The molecular formula is C27H36O6. The summed E-state index contributed by atoms with van der Waals surface area (Å²) >= 11 is 0. The van der Waals surface area contributed by atoms with Crippen LogP contribution in [0.4, 0.5) is 0 Å². The molecule has 180 valence electrons. The van der Waals surface area contributed by atoms with Crippen molar-refractivity contribution >= 4 is 11.9 Å². The lowest BCUT2D eigenvalue weighted by Gasteiger charge is -2.45. The molecule has 1 aromatic carbocycles. The van der Waals surface area contributed by atoms with Crippen molar-refractivity contribution < 1.29 is 29.3 Å². The number of hydrogen-bond acceptors (Lipinski definition) is 6. The average Bonchev–Trinajstić information content (AvgIpc) is 3.00. The average molecular weight is 457 g/mol. The van der Waals surface area contributed by atoms with Crippen LogP contribution >= 0.6 is 0 Å². The van der Waals surface area contributed by atoms with Crippen LogP contribution in [0.2, 0.25) is 0 Å². The summed E-state index contributed by atoms with van der Waals surface area (Å²) in [5.41, 5.74) is 0.112. The lowest BCUT2D eigenvalue weighted by Crippen LogP contribution is -2.53. The first kappa shape index (κ1) is 25.0. The van der Waals surface area contributed by atoms with Crippen LogP contribution in [-0.2, 0) is 14.3 Å². The van der Waals surface area contributed by atoms with E-state index in [4.69, 9.17) is 9.47 Å². The summed E-state index contributed by atoms with van der Waals surface area (Å²) in [4.78, 5) is 25.7. The monoisotopic (exact) mass is 456 g/mol. The number of carbonyl (C=O) groups excluding carboxylic acids is 2. The Morgan fingerprint density at radius 2 is 1.79 bits per heavy atom. The molecule has 0 saturated heterocycles. The van der Waals surface area contributed by atoms with E-state index in [-0.39, 0.29) is 17.6 Å². The highest BCUT2D eigenvalue weighted by atomic mass is 16.6. The maximum absolute atomic E-state index is 13.0. The standard InChI is InChI=1S/C27H36O6/c1-7-18(5)24(29)33-22-15-17(4)14-21(32-25(30)19-8-10-20(28)11-9-19)23-26(22,6)12-13-27(23,31)16(2)3/h7-11,15-16,21-23,28,31H,12-14H2,1-6H3/t21-,22-,23+,26+,27+/m0/s1. The second-order valence-corrected chi connectivity index (χ2v) is 10.1. The Balaban J connectivity index is 2.01. The Labute approximate surface area is 196 Å². The number of benzene rings is 1. The number of rotatable bonds is 5. The zero-order valence-electron chi connectivity index (χ0n) is 20.4. The van der Waals surface area contributed by atoms with Crippen LogP contribution < -0.4 is 0 Å². The van der Waals surface area contributed by atoms with Gasteiger partial charge >= 0.3 is 11.9 Å². The van der Waals surface area contributed by atoms with Crippen molar-refractivity contribution in [2.24, 2.45) is 17.3 Å². The molecule has 0 unspecified atom stereocenters. The highest BCUT2D eigenvalue weighted by Gasteiger charge is 2.63. The molecule has 2 aliphatic carbocycles. The van der Waals surface area contributed by atoms with Crippen LogP contribution in [0.15, 0.2) is 47.6 Å². The fourth-order valence-corrected chi connectivity index (χ4v) is 5.42. The summed E-state index contributed by atoms with van der Waals surface area (Å²) in [5.74, 6) is -1.33. The van der Waals surface area contributed by atoms with Crippen molar-refractivity contribution in [1.29, 1.82) is 0 Å². The Morgan fingerprint density at radius 3 is 2.36 bits per heavy atom. The van der Waals surface area contributed by atoms with Crippen molar-refractivity contribution in [3.8, 4) is 5.75 Å². The van der Waals surface area contributed by atoms with Gasteiger partial charge in [0.1, 0.15) is 18.0 Å². The highest BCUT2D eigenvalue weighted by molar-refractivity contribution is 5.89. The zero-order valence-corrected chi connectivity index (χ0v) is 20.4. The summed E-state index contributed by atoms with van der Waals surface area (Å²) in [6.07, 6.45) is 4.14. The summed E-state index contributed by atoms with van der Waals surface area (Å²) in [5, 5.41) is 21.4. The lowest BCUT2D eigenvalue weighted by molar-refractivity contribution is -0.159. The molecule has 0 amide bonds. The molecule has 6 heteroatoms. The van der Waals surface area contributed by atoms with Gasteiger partial charge in [-0.1, -0.05) is 32.4 Å². The van der Waals surface area contributed by atoms with Crippen LogP contribution in [0.1, 0.15) is 71.2 Å². The normalized spacial score (nSPS) is 32.1. The smallest absolute Gasteiger partial charge is 0.338 e. The minimum atomic E-state index is -1.08. The largest absolute Gasteiger partial charge is 0.508 e. The van der Waals surface area contributed by atoms with Gasteiger partial charge in [0.05, 0.1) is 11.2 Å². The summed E-state index contributed by atoms with van der Waals surface area (Å²) in [6, 6.07) is 5.92. The van der Waals surface area contributed by atoms with Crippen LogP contribution in [0.5, 0.6) is 5.75 Å². The van der Waals surface area contributed by atoms with Crippen LogP contribution in [0.25, 0.3) is 0 Å². The highest BCUT2D eigenvalue weighted by Crippen LogP contribution is 2.58. The summed E-state index contributed by atoms with van der Waals surface area (Å²) in [7, 11) is 0. The molecule has 0 heterocycles. The molecule has 1 saturated carbocycles. The molecule has 0 bridgehead atoms. The van der Waals surface area contributed by atoms with Crippen molar-refractivity contribution in [3.63, 3.8) is 0 Å². The van der Waals surface area contributed by atoms with E-state index in [1.54, 1.807) is 19.9 Å². The number of carbonyl (C=O) groups is 2. The number of phenols is 1. The molecule has 0 aliphatic heterocycles. The van der Waals surface area contributed by atoms with E-state index in [1.807, 2.05) is 33.8 Å². The molecule has 1 aromatic rings. The number of esters is 2. The molecule has 33 heavy (non-hydrogen) atoms. The van der Waals surface area contributed by atoms with Crippen molar-refractivity contribution in [3.05, 3.63) is 53.1 Å². The molecule has 0 radical (unpaired) electrons. The van der Waals surface area contributed by atoms with Crippen molar-refractivity contribution in [1.82, 2.24) is 0 Å². The van der Waals surface area contributed by atoms with Crippen molar-refractivity contribution in [2.75, 3.05) is 0 Å². The fraction of sp³-hybridized carbons (Fsp3) is 0.556. The quantitative estimate of drug-likeness (QED) is 0.370. The second-order valence-electron chi connectivity index (χ2n) is 10.1. The Bertz CT molecular complexity index is 959. The van der Waals surface area contributed by atoms with Gasteiger partial charge in [-0.05, 0) is 69.9 Å². The fourth-order valence-electron chi connectivity index (χ4n) is 5.42. The number of hydrogen-bond donors (Lipinski definition) is 2. The first-order valence-electron chi connectivity index (χ1n) is 11.7. The topological polar surface area (TPSA) is 93.1 Å². The van der Waals surface area contributed by atoms with E-state index in [0.29, 0.717) is 30.4 Å². The molecule has 3 rings (SSSR count). The number of ether oxygens (including phenoxy) is 2. The molecule has 0 aromatic heterocycles. The van der Waals surface area contributed by atoms with E-state index >= 15 is 0 Å². The van der Waals surface area contributed by atoms with E-state index in [0.717, 1.165) is 5.57 Å². The van der Waals surface area contributed by atoms with Crippen LogP contribution in [0, 0.1) is 17.3 Å². The third kappa shape index (κ3) is 4.72. The summed E-state index contributed by atoms with van der Waals surface area (Å²) in [6.45, 7) is 11.4. The van der Waals surface area contributed by atoms with E-state index in [9.17, 15) is 19.8 Å². The minimum absolute atomic E-state index is 0.0680. The van der Waals surface area contributed by atoms with E-state index < -0.39 is 35.1 Å². The summed E-state index contributed by atoms with van der Waals surface area (Å²) < 4.78 is 12.0. The van der Waals surface area contributed by atoms with Gasteiger partial charge in [0.2, 0.25) is 0 Å². The number of fused-ring (bicyclic) bond motifs is 1. The Morgan fingerprint density at radius 1 is 1.15 bits per heavy atom. The number of phenolic OH excluding ortho intramolecular Hbond substituents is 1. The van der Waals surface area contributed by atoms with E-state index in [1.165, 1.54) is 24.3 Å². The Kier molecular flexibility index (Phi) is 7.08. The number of aliphatic hydroxyl groups is 1. The molecule has 5 atom stereocenters. The first-order valence-corrected chi connectivity index (χ1v) is 11.7. The van der Waals surface area contributed by atoms with Gasteiger partial charge in [0, 0.05) is 23.3 Å². The molecule has 2 aliphatic rings. The maximum atomic E-state index is 13.0. The third-order valence-electron chi connectivity index (χ3n) is 7.64. The number of allylic oxidation sites excluding steroid dienone is 1. The molecule has 6 nitrogen and oxygen atoms in total. The number of aromatic hydroxyl groups is 1. The van der Waals surface area contributed by atoms with Gasteiger partial charge in [-0.25, -0.2) is 9.59 Å². The lowest BCUT2D eigenvalue weighted by atomic mass is 9.66. The van der Waals surface area contributed by atoms with Gasteiger partial charge in [-0.2, -0.15) is 0 Å². The predicted molar refractivity (Wildman–Crippen MR) is 126 cm³/mol. The van der Waals surface area contributed by atoms with Crippen LogP contribution in [-0.4, -0.2) is 40.0 Å². The van der Waals surface area contributed by atoms with Gasteiger partial charge < -0.3 is 19.7 Å². The minimum Gasteiger partial charge on any atom is -0.508 e. The second kappa shape index (κ2) is 9.34. The predicted octanol–water partition coefficient (Wildman–Crippen LogP) is 4.95. The maximum Gasteiger partial charge on any atom is 0.338 e.